The molecule has 106 valence electrons. The van der Waals surface area contributed by atoms with Gasteiger partial charge in [0.25, 0.3) is 11.6 Å². The highest BCUT2D eigenvalue weighted by atomic mass is 16.6. The van der Waals surface area contributed by atoms with Crippen molar-refractivity contribution in [1.29, 1.82) is 0 Å². The molecule has 0 unspecified atom stereocenters. The lowest BCUT2D eigenvalue weighted by molar-refractivity contribution is -0.384. The quantitative estimate of drug-likeness (QED) is 0.473. The Kier molecular flexibility index (Phi) is 3.42. The summed E-state index contributed by atoms with van der Waals surface area (Å²) in [4.78, 5) is 24.6. The molecule has 0 radical (unpaired) electrons. The average Bonchev–Trinajstić information content (AvgIpc) is 3.09. The number of carbonyl (C=O) groups excluding carboxylic acids is 1. The Morgan fingerprint density at radius 1 is 1.05 bits per heavy atom. The smallest absolute Gasteiger partial charge is 0.269 e. The van der Waals surface area contributed by atoms with Crippen LogP contribution >= 0.6 is 0 Å². The van der Waals surface area contributed by atoms with Gasteiger partial charge in [0, 0.05) is 17.7 Å². The van der Waals surface area contributed by atoms with Crippen molar-refractivity contribution in [3.63, 3.8) is 0 Å². The van der Waals surface area contributed by atoms with Gasteiger partial charge in [0.15, 0.2) is 0 Å². The Labute approximate surface area is 117 Å². The van der Waals surface area contributed by atoms with E-state index in [1.807, 2.05) is 4.90 Å². The standard InChI is InChI=1S/C15H18N2O3/c18-15(11-7-9-12(10-8-11)17(19)20)16-13-5-3-1-2-4-6-14(13)16/h7-10,13-14H,1-6H2/t13-,14-/m1/s1. The van der Waals surface area contributed by atoms with Gasteiger partial charge in [-0.15, -0.1) is 0 Å². The molecule has 2 aliphatic rings. The van der Waals surface area contributed by atoms with E-state index in [0.717, 1.165) is 12.8 Å². The summed E-state index contributed by atoms with van der Waals surface area (Å²) >= 11 is 0. The first-order valence-corrected chi connectivity index (χ1v) is 7.25. The van der Waals surface area contributed by atoms with Gasteiger partial charge in [0.1, 0.15) is 0 Å². The third-order valence-corrected chi connectivity index (χ3v) is 4.38. The van der Waals surface area contributed by atoms with E-state index in [2.05, 4.69) is 0 Å². The molecule has 0 aromatic heterocycles. The lowest BCUT2D eigenvalue weighted by Crippen LogP contribution is -2.15. The molecule has 1 saturated carbocycles. The van der Waals surface area contributed by atoms with Crippen molar-refractivity contribution < 1.29 is 9.72 Å². The van der Waals surface area contributed by atoms with Crippen LogP contribution in [0.25, 0.3) is 0 Å². The Balaban J connectivity index is 1.71. The molecule has 1 aromatic rings. The molecule has 1 aromatic carbocycles. The molecule has 5 heteroatoms. The second kappa shape index (κ2) is 5.23. The summed E-state index contributed by atoms with van der Waals surface area (Å²) in [6, 6.07) is 6.73. The lowest BCUT2D eigenvalue weighted by atomic mass is 10.0. The minimum Gasteiger partial charge on any atom is -0.329 e. The van der Waals surface area contributed by atoms with E-state index >= 15 is 0 Å². The fraction of sp³-hybridized carbons (Fsp3) is 0.533. The molecule has 1 aliphatic heterocycles. The van der Waals surface area contributed by atoms with Gasteiger partial charge in [-0.25, -0.2) is 0 Å². The van der Waals surface area contributed by atoms with Crippen LogP contribution in [0.1, 0.15) is 48.9 Å². The summed E-state index contributed by atoms with van der Waals surface area (Å²) in [6.45, 7) is 0. The topological polar surface area (TPSA) is 63.2 Å². The highest BCUT2D eigenvalue weighted by Gasteiger charge is 2.49. The van der Waals surface area contributed by atoms with Crippen LogP contribution in [0.4, 0.5) is 5.69 Å². The van der Waals surface area contributed by atoms with E-state index in [9.17, 15) is 14.9 Å². The molecule has 2 fully saturated rings. The van der Waals surface area contributed by atoms with Crippen molar-refractivity contribution >= 4 is 11.6 Å². The summed E-state index contributed by atoms with van der Waals surface area (Å²) in [5.74, 6) is 0.0248. The zero-order valence-corrected chi connectivity index (χ0v) is 11.3. The van der Waals surface area contributed by atoms with Gasteiger partial charge in [-0.3, -0.25) is 14.9 Å². The Morgan fingerprint density at radius 2 is 1.60 bits per heavy atom. The average molecular weight is 274 g/mol. The lowest BCUT2D eigenvalue weighted by Gasteiger charge is -2.04. The number of nitro groups is 1. The number of benzene rings is 1. The predicted molar refractivity (Wildman–Crippen MR) is 74.5 cm³/mol. The van der Waals surface area contributed by atoms with Gasteiger partial charge in [-0.05, 0) is 25.0 Å². The zero-order valence-electron chi connectivity index (χ0n) is 11.3. The van der Waals surface area contributed by atoms with E-state index in [1.165, 1.54) is 37.8 Å². The number of hydrogen-bond acceptors (Lipinski definition) is 3. The summed E-state index contributed by atoms with van der Waals surface area (Å²) < 4.78 is 0. The minimum absolute atomic E-state index is 0.0248. The van der Waals surface area contributed by atoms with Crippen molar-refractivity contribution in [2.24, 2.45) is 0 Å². The van der Waals surface area contributed by atoms with Crippen molar-refractivity contribution in [2.75, 3.05) is 0 Å². The molecular formula is C15H18N2O3. The maximum absolute atomic E-state index is 12.4. The van der Waals surface area contributed by atoms with E-state index in [4.69, 9.17) is 0 Å². The summed E-state index contributed by atoms with van der Waals surface area (Å²) in [5, 5.41) is 10.6. The maximum Gasteiger partial charge on any atom is 0.269 e. The third kappa shape index (κ3) is 2.40. The number of carbonyl (C=O) groups is 1. The molecule has 20 heavy (non-hydrogen) atoms. The summed E-state index contributed by atoms with van der Waals surface area (Å²) in [6.07, 6.45) is 7.13. The van der Waals surface area contributed by atoms with Crippen LogP contribution in [-0.4, -0.2) is 27.8 Å². The van der Waals surface area contributed by atoms with E-state index < -0.39 is 4.92 Å². The minimum atomic E-state index is -0.445. The fourth-order valence-corrected chi connectivity index (χ4v) is 3.23. The number of fused-ring (bicyclic) bond motifs is 1. The fourth-order valence-electron chi connectivity index (χ4n) is 3.23. The monoisotopic (exact) mass is 274 g/mol. The van der Waals surface area contributed by atoms with Gasteiger partial charge in [0.2, 0.25) is 0 Å². The molecule has 5 nitrogen and oxygen atoms in total. The summed E-state index contributed by atoms with van der Waals surface area (Å²) in [5.41, 5.74) is 0.584. The molecule has 0 N–H and O–H groups in total. The SMILES string of the molecule is O=C(c1ccc([N+](=O)[O-])cc1)N1[C@@H]2CCCCCC[C@H]21. The van der Waals surface area contributed by atoms with Crippen molar-refractivity contribution in [2.45, 2.75) is 50.6 Å². The molecule has 1 amide bonds. The molecule has 0 spiro atoms. The van der Waals surface area contributed by atoms with Gasteiger partial charge in [0.05, 0.1) is 17.0 Å². The van der Waals surface area contributed by atoms with E-state index in [-0.39, 0.29) is 11.6 Å². The number of hydrogen-bond donors (Lipinski definition) is 0. The van der Waals surface area contributed by atoms with Crippen molar-refractivity contribution in [3.05, 3.63) is 39.9 Å². The molecule has 1 aliphatic carbocycles. The van der Waals surface area contributed by atoms with Crippen LogP contribution in [0.2, 0.25) is 0 Å². The highest BCUT2D eigenvalue weighted by Crippen LogP contribution is 2.39. The Bertz CT molecular complexity index is 512. The Morgan fingerprint density at radius 3 is 2.10 bits per heavy atom. The molecule has 2 atom stereocenters. The number of nitro benzene ring substituents is 1. The van der Waals surface area contributed by atoms with Crippen LogP contribution in [0, 0.1) is 10.1 Å². The van der Waals surface area contributed by atoms with E-state index in [0.29, 0.717) is 17.6 Å². The number of non-ortho nitro benzene ring substituents is 1. The van der Waals surface area contributed by atoms with E-state index in [1.54, 1.807) is 12.1 Å². The molecule has 1 saturated heterocycles. The van der Waals surface area contributed by atoms with Crippen LogP contribution in [0.15, 0.2) is 24.3 Å². The first-order valence-electron chi connectivity index (χ1n) is 7.25. The molecular weight excluding hydrogens is 256 g/mol. The first kappa shape index (κ1) is 13.1. The summed E-state index contributed by atoms with van der Waals surface area (Å²) in [7, 11) is 0. The number of nitrogens with zero attached hydrogens (tertiary/aromatic N) is 2. The van der Waals surface area contributed by atoms with Gasteiger partial charge >= 0.3 is 0 Å². The van der Waals surface area contributed by atoms with Crippen molar-refractivity contribution in [1.82, 2.24) is 4.90 Å². The van der Waals surface area contributed by atoms with Crippen LogP contribution in [0.3, 0.4) is 0 Å². The molecule has 3 rings (SSSR count). The predicted octanol–water partition coefficient (Wildman–Crippen LogP) is 3.14. The third-order valence-electron chi connectivity index (χ3n) is 4.38. The highest BCUT2D eigenvalue weighted by molar-refractivity contribution is 5.96. The zero-order chi connectivity index (χ0) is 14.1. The number of amides is 1. The largest absolute Gasteiger partial charge is 0.329 e. The normalized spacial score (nSPS) is 25.3. The van der Waals surface area contributed by atoms with Crippen LogP contribution in [-0.2, 0) is 0 Å². The van der Waals surface area contributed by atoms with Crippen molar-refractivity contribution in [3.8, 4) is 0 Å². The van der Waals surface area contributed by atoms with Crippen LogP contribution < -0.4 is 0 Å². The number of rotatable bonds is 2. The first-order chi connectivity index (χ1) is 9.68. The second-order valence-electron chi connectivity index (χ2n) is 5.64. The van der Waals surface area contributed by atoms with Gasteiger partial charge in [-0.2, -0.15) is 0 Å². The van der Waals surface area contributed by atoms with Gasteiger partial charge < -0.3 is 4.90 Å². The Hall–Kier alpha value is -1.91. The maximum atomic E-state index is 12.4. The van der Waals surface area contributed by atoms with Crippen LogP contribution in [0.5, 0.6) is 0 Å². The molecule has 0 bridgehead atoms. The molecule has 1 heterocycles. The van der Waals surface area contributed by atoms with Gasteiger partial charge in [-0.1, -0.05) is 25.7 Å². The second-order valence-corrected chi connectivity index (χ2v) is 5.64.